The third kappa shape index (κ3) is 1.64. The van der Waals surface area contributed by atoms with Crippen molar-refractivity contribution in [2.75, 3.05) is 13.1 Å². The van der Waals surface area contributed by atoms with E-state index in [4.69, 9.17) is 0 Å². The molecular weight excluding hydrogens is 164 g/mol. The lowest BCUT2D eigenvalue weighted by molar-refractivity contribution is -0.268. The van der Waals surface area contributed by atoms with E-state index in [1.165, 1.54) is 0 Å². The molecule has 0 spiro atoms. The fourth-order valence-electron chi connectivity index (χ4n) is 1.38. The van der Waals surface area contributed by atoms with Crippen LogP contribution in [0.5, 0.6) is 5.75 Å². The molecule has 3 heteroatoms. The first-order valence-electron chi connectivity index (χ1n) is 4.42. The summed E-state index contributed by atoms with van der Waals surface area (Å²) in [4.78, 5) is 4.27. The predicted molar refractivity (Wildman–Crippen MR) is 49.9 cm³/mol. The minimum Gasteiger partial charge on any atom is -0.872 e. The summed E-state index contributed by atoms with van der Waals surface area (Å²) in [5.41, 5.74) is 0.683. The number of nitrogens with one attached hydrogen (secondary N) is 1. The SMILES string of the molecule is [O-]c1ccccc1C1=NCCCN1. The van der Waals surface area contributed by atoms with Crippen molar-refractivity contribution in [2.24, 2.45) is 4.99 Å². The second kappa shape index (κ2) is 3.47. The molecule has 1 N–H and O–H groups in total. The molecule has 0 aromatic heterocycles. The molecule has 3 nitrogen and oxygen atoms in total. The van der Waals surface area contributed by atoms with Crippen LogP contribution in [0.15, 0.2) is 29.3 Å². The number of nitrogens with zero attached hydrogens (tertiary/aromatic N) is 1. The van der Waals surface area contributed by atoms with Crippen LogP contribution < -0.4 is 10.4 Å². The van der Waals surface area contributed by atoms with Gasteiger partial charge >= 0.3 is 0 Å². The average Bonchev–Trinajstić information content (AvgIpc) is 2.20. The van der Waals surface area contributed by atoms with Gasteiger partial charge in [-0.2, -0.15) is 0 Å². The van der Waals surface area contributed by atoms with E-state index in [0.717, 1.165) is 25.3 Å². The van der Waals surface area contributed by atoms with Crippen LogP contribution in [0.1, 0.15) is 12.0 Å². The first kappa shape index (κ1) is 8.10. The van der Waals surface area contributed by atoms with Crippen LogP contribution >= 0.6 is 0 Å². The molecule has 0 unspecified atom stereocenters. The maximum absolute atomic E-state index is 11.4. The van der Waals surface area contributed by atoms with E-state index >= 15 is 0 Å². The fraction of sp³-hybridized carbons (Fsp3) is 0.300. The molecule has 1 aromatic rings. The Labute approximate surface area is 77.1 Å². The van der Waals surface area contributed by atoms with Crippen LogP contribution in [0.25, 0.3) is 0 Å². The number of para-hydroxylation sites is 1. The van der Waals surface area contributed by atoms with Gasteiger partial charge < -0.3 is 10.4 Å². The van der Waals surface area contributed by atoms with Gasteiger partial charge in [0.25, 0.3) is 0 Å². The van der Waals surface area contributed by atoms with Crippen molar-refractivity contribution in [3.63, 3.8) is 0 Å². The quantitative estimate of drug-likeness (QED) is 0.675. The summed E-state index contributed by atoms with van der Waals surface area (Å²) in [6, 6.07) is 6.97. The van der Waals surface area contributed by atoms with E-state index < -0.39 is 0 Å². The van der Waals surface area contributed by atoms with Crippen molar-refractivity contribution >= 4 is 5.84 Å². The Kier molecular flexibility index (Phi) is 2.17. The van der Waals surface area contributed by atoms with Crippen molar-refractivity contribution in [3.8, 4) is 5.75 Å². The van der Waals surface area contributed by atoms with Crippen LogP contribution in [0, 0.1) is 0 Å². The number of benzene rings is 1. The third-order valence-corrected chi connectivity index (χ3v) is 2.04. The normalized spacial score (nSPS) is 16.2. The molecule has 0 aliphatic carbocycles. The van der Waals surface area contributed by atoms with E-state index in [0.29, 0.717) is 5.56 Å². The van der Waals surface area contributed by atoms with E-state index in [9.17, 15) is 5.11 Å². The minimum absolute atomic E-state index is 0.0376. The molecule has 1 heterocycles. The summed E-state index contributed by atoms with van der Waals surface area (Å²) in [5.74, 6) is 0.785. The molecule has 0 atom stereocenters. The molecule has 0 bridgehead atoms. The summed E-state index contributed by atoms with van der Waals surface area (Å²) in [6.45, 7) is 1.73. The lowest BCUT2D eigenvalue weighted by Crippen LogP contribution is -2.30. The van der Waals surface area contributed by atoms with Gasteiger partial charge in [-0.3, -0.25) is 4.99 Å². The number of rotatable bonds is 1. The van der Waals surface area contributed by atoms with Gasteiger partial charge in [-0.15, -0.1) is 0 Å². The summed E-state index contributed by atoms with van der Waals surface area (Å²) < 4.78 is 0. The molecule has 1 aliphatic rings. The zero-order chi connectivity index (χ0) is 9.10. The molecule has 1 aromatic carbocycles. The standard InChI is InChI=1S/C10H12N2O/c13-9-5-2-1-4-8(9)10-11-6-3-7-12-10/h1-2,4-5,13H,3,6-7H2,(H,11,12)/p-1. The Morgan fingerprint density at radius 3 is 2.85 bits per heavy atom. The van der Waals surface area contributed by atoms with Gasteiger partial charge in [0.05, 0.1) is 0 Å². The van der Waals surface area contributed by atoms with Gasteiger partial charge in [-0.1, -0.05) is 30.0 Å². The molecule has 0 saturated carbocycles. The van der Waals surface area contributed by atoms with Crippen molar-refractivity contribution in [2.45, 2.75) is 6.42 Å². The summed E-state index contributed by atoms with van der Waals surface area (Å²) in [5, 5.41) is 14.5. The molecule has 2 rings (SSSR count). The Bertz CT molecular complexity index is 333. The first-order valence-corrected chi connectivity index (χ1v) is 4.42. The molecular formula is C10H11N2O-. The fourth-order valence-corrected chi connectivity index (χ4v) is 1.38. The zero-order valence-corrected chi connectivity index (χ0v) is 7.29. The summed E-state index contributed by atoms with van der Waals surface area (Å²) >= 11 is 0. The van der Waals surface area contributed by atoms with Crippen molar-refractivity contribution in [1.29, 1.82) is 0 Å². The Morgan fingerprint density at radius 1 is 1.31 bits per heavy atom. The van der Waals surface area contributed by atoms with Gasteiger partial charge in [-0.25, -0.2) is 0 Å². The minimum atomic E-state index is 0.0376. The topological polar surface area (TPSA) is 47.5 Å². The number of aliphatic imine (C=N–C) groups is 1. The van der Waals surface area contributed by atoms with Crippen molar-refractivity contribution in [1.82, 2.24) is 5.32 Å². The molecule has 1 aliphatic heterocycles. The average molecular weight is 175 g/mol. The van der Waals surface area contributed by atoms with E-state index in [1.807, 2.05) is 6.07 Å². The first-order chi connectivity index (χ1) is 6.38. The highest BCUT2D eigenvalue weighted by atomic mass is 16.3. The lowest BCUT2D eigenvalue weighted by Gasteiger charge is -2.19. The third-order valence-electron chi connectivity index (χ3n) is 2.04. The van der Waals surface area contributed by atoms with E-state index in [1.54, 1.807) is 18.2 Å². The van der Waals surface area contributed by atoms with Crippen LogP contribution in [0.2, 0.25) is 0 Å². The molecule has 0 amide bonds. The monoisotopic (exact) mass is 175 g/mol. The van der Waals surface area contributed by atoms with Crippen LogP contribution in [0.4, 0.5) is 0 Å². The van der Waals surface area contributed by atoms with Gasteiger partial charge in [0, 0.05) is 18.7 Å². The lowest BCUT2D eigenvalue weighted by atomic mass is 10.1. The molecule has 13 heavy (non-hydrogen) atoms. The second-order valence-electron chi connectivity index (χ2n) is 3.01. The molecule has 68 valence electrons. The summed E-state index contributed by atoms with van der Waals surface area (Å²) in [6.07, 6.45) is 1.05. The maximum Gasteiger partial charge on any atom is 0.127 e. The van der Waals surface area contributed by atoms with Crippen LogP contribution in [-0.2, 0) is 0 Å². The zero-order valence-electron chi connectivity index (χ0n) is 7.29. The van der Waals surface area contributed by atoms with Gasteiger partial charge in [0.1, 0.15) is 5.84 Å². The summed E-state index contributed by atoms with van der Waals surface area (Å²) in [7, 11) is 0. The van der Waals surface area contributed by atoms with Gasteiger partial charge in [-0.05, 0) is 6.42 Å². The van der Waals surface area contributed by atoms with Crippen LogP contribution in [-0.4, -0.2) is 18.9 Å². The second-order valence-corrected chi connectivity index (χ2v) is 3.01. The van der Waals surface area contributed by atoms with Crippen molar-refractivity contribution in [3.05, 3.63) is 29.8 Å². The van der Waals surface area contributed by atoms with Gasteiger partial charge in [0.15, 0.2) is 0 Å². The number of hydrogen-bond acceptors (Lipinski definition) is 3. The highest BCUT2D eigenvalue weighted by molar-refractivity contribution is 6.01. The molecule has 0 radical (unpaired) electrons. The Hall–Kier alpha value is -1.51. The number of amidine groups is 1. The largest absolute Gasteiger partial charge is 0.872 e. The smallest absolute Gasteiger partial charge is 0.127 e. The Morgan fingerprint density at radius 2 is 2.15 bits per heavy atom. The highest BCUT2D eigenvalue weighted by Crippen LogP contribution is 2.13. The van der Waals surface area contributed by atoms with E-state index in [2.05, 4.69) is 10.3 Å². The van der Waals surface area contributed by atoms with E-state index in [-0.39, 0.29) is 5.75 Å². The molecule has 0 saturated heterocycles. The predicted octanol–water partition coefficient (Wildman–Crippen LogP) is 0.500. The molecule has 0 fully saturated rings. The van der Waals surface area contributed by atoms with Gasteiger partial charge in [0.2, 0.25) is 0 Å². The highest BCUT2D eigenvalue weighted by Gasteiger charge is 2.05. The van der Waals surface area contributed by atoms with Crippen molar-refractivity contribution < 1.29 is 5.11 Å². The maximum atomic E-state index is 11.4. The Balaban J connectivity index is 2.34. The van der Waals surface area contributed by atoms with Crippen LogP contribution in [0.3, 0.4) is 0 Å². The number of hydrogen-bond donors (Lipinski definition) is 1.